The van der Waals surface area contributed by atoms with Crippen molar-refractivity contribution >= 4 is 33.3 Å². The Morgan fingerprint density at radius 2 is 1.86 bits per heavy atom. The van der Waals surface area contributed by atoms with Crippen molar-refractivity contribution in [2.45, 2.75) is 66.7 Å². The van der Waals surface area contributed by atoms with E-state index < -0.39 is 11.8 Å². The van der Waals surface area contributed by atoms with Gasteiger partial charge in [0.2, 0.25) is 0 Å². The van der Waals surface area contributed by atoms with Gasteiger partial charge in [0.05, 0.1) is 17.9 Å². The van der Waals surface area contributed by atoms with Gasteiger partial charge in [0, 0.05) is 21.4 Å². The molecule has 0 saturated heterocycles. The number of aryl methyl sites for hydroxylation is 4. The summed E-state index contributed by atoms with van der Waals surface area (Å²) >= 11 is 1.69. The number of fused-ring (bicyclic) bond motifs is 3. The van der Waals surface area contributed by atoms with E-state index in [1.54, 1.807) is 31.3 Å². The summed E-state index contributed by atoms with van der Waals surface area (Å²) in [6.07, 6.45) is 7.15. The Hall–Kier alpha value is -2.99. The number of hydrogen-bond donors (Lipinski definition) is 0. The normalized spacial score (nSPS) is 12.4. The summed E-state index contributed by atoms with van der Waals surface area (Å²) in [6.45, 7) is 14.0. The molecular weight excluding hydrogens is 458 g/mol. The van der Waals surface area contributed by atoms with Crippen LogP contribution in [-0.4, -0.2) is 30.0 Å². The lowest BCUT2D eigenvalue weighted by Gasteiger charge is -2.18. The average Bonchev–Trinajstić information content (AvgIpc) is 3.20. The largest absolute Gasteiger partial charge is 0.489 e. The van der Waals surface area contributed by atoms with Gasteiger partial charge in [0.25, 0.3) is 5.78 Å². The van der Waals surface area contributed by atoms with Crippen LogP contribution in [0.3, 0.4) is 0 Å². The third-order valence-corrected chi connectivity index (χ3v) is 6.92. The van der Waals surface area contributed by atoms with E-state index in [9.17, 15) is 9.59 Å². The highest BCUT2D eigenvalue weighted by Crippen LogP contribution is 2.45. The molecule has 5 nitrogen and oxygen atoms in total. The van der Waals surface area contributed by atoms with Crippen LogP contribution in [0.2, 0.25) is 0 Å². The Morgan fingerprint density at radius 3 is 2.54 bits per heavy atom. The molecule has 1 aliphatic carbocycles. The number of ketones is 1. The van der Waals surface area contributed by atoms with E-state index in [2.05, 4.69) is 20.4 Å². The van der Waals surface area contributed by atoms with Gasteiger partial charge < -0.3 is 9.47 Å². The second-order valence-electron chi connectivity index (χ2n) is 8.69. The summed E-state index contributed by atoms with van der Waals surface area (Å²) in [5, 5.41) is 0.968. The lowest BCUT2D eigenvalue weighted by molar-refractivity contribution is -0.137. The fraction of sp³-hybridized carbons (Fsp3) is 0.414. The Morgan fingerprint density at radius 1 is 1.14 bits per heavy atom. The molecule has 1 aromatic carbocycles. The molecule has 0 fully saturated rings. The quantitative estimate of drug-likeness (QED) is 0.151. The molecule has 0 bridgehead atoms. The van der Waals surface area contributed by atoms with Crippen molar-refractivity contribution in [3.8, 4) is 16.9 Å². The second kappa shape index (κ2) is 12.1. The van der Waals surface area contributed by atoms with Crippen LogP contribution in [0, 0.1) is 13.8 Å². The van der Waals surface area contributed by atoms with E-state index in [0.29, 0.717) is 23.6 Å². The Kier molecular flexibility index (Phi) is 9.21. The van der Waals surface area contributed by atoms with Crippen LogP contribution in [0.5, 0.6) is 5.75 Å². The highest BCUT2D eigenvalue weighted by atomic mass is 32.1. The summed E-state index contributed by atoms with van der Waals surface area (Å²) < 4.78 is 11.1. The molecule has 35 heavy (non-hydrogen) atoms. The van der Waals surface area contributed by atoms with Gasteiger partial charge >= 0.3 is 5.97 Å². The monoisotopic (exact) mass is 493 g/mol. The van der Waals surface area contributed by atoms with Crippen LogP contribution in [-0.2, 0) is 22.4 Å². The van der Waals surface area contributed by atoms with Gasteiger partial charge in [-0.05, 0) is 63.6 Å². The summed E-state index contributed by atoms with van der Waals surface area (Å²) in [6, 6.07) is 5.92. The van der Waals surface area contributed by atoms with Crippen LogP contribution in [0.1, 0.15) is 72.1 Å². The minimum Gasteiger partial charge on any atom is -0.489 e. The predicted octanol–water partition coefficient (Wildman–Crippen LogP) is 7.19. The molecule has 0 saturated carbocycles. The Labute approximate surface area is 212 Å². The standard InChI is InChI=1S/C26H27NO4S.C3H8/c1-5-13-31-19-14-15(3)11-12-17(19)22-21(24(28)26(29)30-6-2)16(4)27-25-23(22)18-9-7-8-10-20(18)32-25;1-3-2/h5,11-12,14H,1,6-10,13H2,2-4H3;3H2,1-2H3. The van der Waals surface area contributed by atoms with Gasteiger partial charge in [-0.25, -0.2) is 9.78 Å². The third-order valence-electron chi connectivity index (χ3n) is 5.73. The lowest BCUT2D eigenvalue weighted by Crippen LogP contribution is -2.20. The number of benzene rings is 1. The van der Waals surface area contributed by atoms with Crippen LogP contribution in [0.25, 0.3) is 21.3 Å². The van der Waals surface area contributed by atoms with Gasteiger partial charge in [0.15, 0.2) is 0 Å². The van der Waals surface area contributed by atoms with Crippen LogP contribution in [0.4, 0.5) is 0 Å². The van der Waals surface area contributed by atoms with Crippen molar-refractivity contribution in [1.29, 1.82) is 0 Å². The zero-order valence-electron chi connectivity index (χ0n) is 21.5. The molecule has 0 atom stereocenters. The van der Waals surface area contributed by atoms with Gasteiger partial charge in [-0.3, -0.25) is 4.79 Å². The first-order valence-corrected chi connectivity index (χ1v) is 13.2. The van der Waals surface area contributed by atoms with Crippen molar-refractivity contribution in [3.63, 3.8) is 0 Å². The number of hydrogen-bond acceptors (Lipinski definition) is 6. The number of aromatic nitrogens is 1. The maximum Gasteiger partial charge on any atom is 0.379 e. The summed E-state index contributed by atoms with van der Waals surface area (Å²) in [7, 11) is 0. The van der Waals surface area contributed by atoms with Crippen LogP contribution >= 0.6 is 11.3 Å². The first-order valence-electron chi connectivity index (χ1n) is 12.4. The van der Waals surface area contributed by atoms with Crippen molar-refractivity contribution in [3.05, 3.63) is 58.1 Å². The third kappa shape index (κ3) is 5.64. The topological polar surface area (TPSA) is 65.5 Å². The number of ether oxygens (including phenoxy) is 2. The van der Waals surface area contributed by atoms with Gasteiger partial charge in [-0.2, -0.15) is 0 Å². The smallest absolute Gasteiger partial charge is 0.379 e. The van der Waals surface area contributed by atoms with Crippen LogP contribution in [0.15, 0.2) is 30.9 Å². The molecule has 0 N–H and O–H groups in total. The minimum absolute atomic E-state index is 0.140. The summed E-state index contributed by atoms with van der Waals surface area (Å²) in [5.41, 5.74) is 4.62. The molecule has 0 unspecified atom stereocenters. The molecule has 2 heterocycles. The van der Waals surface area contributed by atoms with E-state index in [-0.39, 0.29) is 6.61 Å². The number of carbonyl (C=O) groups excluding carboxylic acids is 2. The molecule has 4 rings (SSSR count). The summed E-state index contributed by atoms with van der Waals surface area (Å²) in [4.78, 5) is 32.8. The molecule has 3 aromatic rings. The Balaban J connectivity index is 0.00000108. The highest BCUT2D eigenvalue weighted by Gasteiger charge is 2.31. The molecule has 2 aromatic heterocycles. The minimum atomic E-state index is -0.859. The van der Waals surface area contributed by atoms with Crippen LogP contribution < -0.4 is 4.74 Å². The second-order valence-corrected chi connectivity index (χ2v) is 9.78. The molecule has 1 aliphatic rings. The lowest BCUT2D eigenvalue weighted by atomic mass is 9.88. The first kappa shape index (κ1) is 26.6. The number of Topliss-reactive ketones (excluding diaryl/α,β-unsaturated/α-hetero) is 1. The zero-order chi connectivity index (χ0) is 25.5. The molecule has 0 aliphatic heterocycles. The first-order chi connectivity index (χ1) is 16.9. The van der Waals surface area contributed by atoms with Gasteiger partial charge in [-0.15, -0.1) is 11.3 Å². The van der Waals surface area contributed by atoms with E-state index >= 15 is 0 Å². The fourth-order valence-corrected chi connectivity index (χ4v) is 5.67. The molecule has 0 amide bonds. The van der Waals surface area contributed by atoms with Crippen molar-refractivity contribution in [2.24, 2.45) is 0 Å². The predicted molar refractivity (Wildman–Crippen MR) is 144 cm³/mol. The highest BCUT2D eigenvalue weighted by molar-refractivity contribution is 7.19. The maximum atomic E-state index is 13.3. The number of esters is 1. The number of nitrogens with zero attached hydrogens (tertiary/aromatic N) is 1. The molecular formula is C29H35NO4S. The molecule has 0 radical (unpaired) electrons. The van der Waals surface area contributed by atoms with Crippen molar-refractivity contribution in [1.82, 2.24) is 4.98 Å². The molecule has 186 valence electrons. The van der Waals surface area contributed by atoms with E-state index in [1.165, 1.54) is 16.9 Å². The molecule has 0 spiro atoms. The van der Waals surface area contributed by atoms with E-state index in [4.69, 9.17) is 14.5 Å². The molecule has 6 heteroatoms. The van der Waals surface area contributed by atoms with Gasteiger partial charge in [0.1, 0.15) is 17.2 Å². The SMILES string of the molecule is C=CCOc1cc(C)ccc1-c1c(C(=O)C(=O)OCC)c(C)nc2sc3c(c12)CCCC3.CCC. The number of pyridine rings is 1. The van der Waals surface area contributed by atoms with E-state index in [1.807, 2.05) is 25.1 Å². The van der Waals surface area contributed by atoms with Gasteiger partial charge in [-0.1, -0.05) is 45.1 Å². The maximum absolute atomic E-state index is 13.3. The fourth-order valence-electron chi connectivity index (χ4n) is 4.35. The number of carbonyl (C=O) groups is 2. The number of rotatable bonds is 7. The van der Waals surface area contributed by atoms with Crippen molar-refractivity contribution < 1.29 is 19.1 Å². The van der Waals surface area contributed by atoms with E-state index in [0.717, 1.165) is 52.6 Å². The zero-order valence-corrected chi connectivity index (χ0v) is 22.3. The Bertz CT molecular complexity index is 1240. The summed E-state index contributed by atoms with van der Waals surface area (Å²) in [5.74, 6) is -0.868. The number of thiophene rings is 1. The van der Waals surface area contributed by atoms with Crippen molar-refractivity contribution in [2.75, 3.05) is 13.2 Å². The average molecular weight is 494 g/mol.